The molecule has 178 valence electrons. The summed E-state index contributed by atoms with van der Waals surface area (Å²) in [7, 11) is 0. The maximum atomic E-state index is 13.4. The number of quaternary nitrogens is 1. The molecule has 3 aliphatic heterocycles. The highest BCUT2D eigenvalue weighted by Gasteiger charge is 2.48. The number of amides is 1. The maximum Gasteiger partial charge on any atom is 0.415 e. The Morgan fingerprint density at radius 1 is 0.882 bits per heavy atom. The predicted molar refractivity (Wildman–Crippen MR) is 127 cm³/mol. The molecule has 0 unspecified atom stereocenters. The number of piperidine rings is 3. The molecule has 0 aliphatic carbocycles. The van der Waals surface area contributed by atoms with Crippen LogP contribution in [0.25, 0.3) is 0 Å². The second-order valence-electron chi connectivity index (χ2n) is 9.42. The molecule has 34 heavy (non-hydrogen) atoms. The third kappa shape index (κ3) is 5.50. The van der Waals surface area contributed by atoms with E-state index < -0.39 is 0 Å². The lowest BCUT2D eigenvalue weighted by molar-refractivity contribution is -0.958. The first kappa shape index (κ1) is 24.4. The topological polar surface area (TPSA) is 29.5 Å². The minimum Gasteiger partial charge on any atom is -1.00 e. The Morgan fingerprint density at radius 3 is 2.15 bits per heavy atom. The lowest BCUT2D eigenvalue weighted by atomic mass is 9.83. The van der Waals surface area contributed by atoms with Gasteiger partial charge in [0.2, 0.25) is 0 Å². The third-order valence-corrected chi connectivity index (χ3v) is 7.20. The zero-order valence-electron chi connectivity index (χ0n) is 19.2. The van der Waals surface area contributed by atoms with Crippen molar-refractivity contribution in [2.45, 2.75) is 32.0 Å². The molecule has 3 aromatic carbocycles. The third-order valence-electron chi connectivity index (χ3n) is 7.20. The van der Waals surface area contributed by atoms with Crippen LogP contribution in [-0.4, -0.2) is 36.3 Å². The normalized spacial score (nSPS) is 23.1. The summed E-state index contributed by atoms with van der Waals surface area (Å²) in [5, 5.41) is 0. The minimum atomic E-state index is -0.331. The van der Waals surface area contributed by atoms with Gasteiger partial charge < -0.3 is 26.2 Å². The molecule has 3 aromatic rings. The standard InChI is InChI=1S/C28H30FN2O2.BrH/c29-25-13-11-22(12-14-25)19-30(26-9-5-2-6-10-26)28(32)33-27-21-31(17-15-24(27)16-18-31)20-23-7-3-1-4-8-23;/h1-14,24,27H,15-21H2;1H/q+1;/p-1/t24?,27-,31?;/m0./s1. The van der Waals surface area contributed by atoms with E-state index in [-0.39, 0.29) is 35.0 Å². The van der Waals surface area contributed by atoms with Crippen molar-refractivity contribution < 1.29 is 35.4 Å². The Morgan fingerprint density at radius 2 is 1.50 bits per heavy atom. The maximum absolute atomic E-state index is 13.4. The van der Waals surface area contributed by atoms with Crippen LogP contribution in [0, 0.1) is 11.7 Å². The van der Waals surface area contributed by atoms with Gasteiger partial charge in [-0.15, -0.1) is 0 Å². The Balaban J connectivity index is 0.00000274. The van der Waals surface area contributed by atoms with E-state index in [9.17, 15) is 9.18 Å². The van der Waals surface area contributed by atoms with Gasteiger partial charge >= 0.3 is 6.09 Å². The summed E-state index contributed by atoms with van der Waals surface area (Å²) >= 11 is 0. The smallest absolute Gasteiger partial charge is 0.415 e. The largest absolute Gasteiger partial charge is 1.00 e. The van der Waals surface area contributed by atoms with Gasteiger partial charge in [-0.05, 0) is 29.8 Å². The van der Waals surface area contributed by atoms with Crippen molar-refractivity contribution in [1.82, 2.24) is 0 Å². The molecule has 0 saturated carbocycles. The molecule has 3 fully saturated rings. The first-order valence-corrected chi connectivity index (χ1v) is 11.8. The summed E-state index contributed by atoms with van der Waals surface area (Å²) in [5.74, 6) is 0.139. The van der Waals surface area contributed by atoms with E-state index in [0.717, 1.165) is 54.8 Å². The van der Waals surface area contributed by atoms with Crippen molar-refractivity contribution >= 4 is 11.8 Å². The van der Waals surface area contributed by atoms with Crippen molar-refractivity contribution in [2.24, 2.45) is 5.92 Å². The molecule has 3 saturated heterocycles. The summed E-state index contributed by atoms with van der Waals surface area (Å²) in [6.45, 7) is 4.48. The van der Waals surface area contributed by atoms with Crippen molar-refractivity contribution in [3.8, 4) is 0 Å². The molecule has 1 atom stereocenters. The van der Waals surface area contributed by atoms with Crippen molar-refractivity contribution in [1.29, 1.82) is 0 Å². The minimum absolute atomic E-state index is 0. The summed E-state index contributed by atoms with van der Waals surface area (Å²) in [6.07, 6.45) is 1.77. The van der Waals surface area contributed by atoms with Crippen LogP contribution in [0.15, 0.2) is 84.9 Å². The molecule has 4 nitrogen and oxygen atoms in total. The van der Waals surface area contributed by atoms with Crippen LogP contribution in [0.2, 0.25) is 0 Å². The number of halogens is 2. The van der Waals surface area contributed by atoms with E-state index in [0.29, 0.717) is 12.5 Å². The summed E-state index contributed by atoms with van der Waals surface area (Å²) in [5.41, 5.74) is 2.98. The van der Waals surface area contributed by atoms with Crippen LogP contribution in [0.4, 0.5) is 14.9 Å². The van der Waals surface area contributed by atoms with Crippen LogP contribution >= 0.6 is 0 Å². The molecule has 0 aromatic heterocycles. The van der Waals surface area contributed by atoms with Gasteiger partial charge in [-0.1, -0.05) is 60.7 Å². The van der Waals surface area contributed by atoms with Crippen LogP contribution in [-0.2, 0) is 17.8 Å². The monoisotopic (exact) mass is 524 g/mol. The zero-order valence-corrected chi connectivity index (χ0v) is 20.7. The number of anilines is 1. The van der Waals surface area contributed by atoms with Gasteiger partial charge in [0.15, 0.2) is 6.10 Å². The number of hydrogen-bond donors (Lipinski definition) is 0. The Kier molecular flexibility index (Phi) is 7.69. The highest BCUT2D eigenvalue weighted by atomic mass is 79.9. The Hall–Kier alpha value is -2.70. The molecule has 1 amide bonds. The Bertz CT molecular complexity index is 1070. The molecular formula is C28H30BrFN2O2. The molecule has 6 rings (SSSR count). The fraction of sp³-hybridized carbons (Fsp3) is 0.321. The highest BCUT2D eigenvalue weighted by Crippen LogP contribution is 2.37. The molecular weight excluding hydrogens is 495 g/mol. The number of ether oxygens (including phenoxy) is 1. The Labute approximate surface area is 211 Å². The molecule has 2 bridgehead atoms. The van der Waals surface area contributed by atoms with Gasteiger partial charge in [-0.2, -0.15) is 0 Å². The molecule has 6 heteroatoms. The molecule has 3 aliphatic rings. The van der Waals surface area contributed by atoms with Crippen LogP contribution in [0.3, 0.4) is 0 Å². The van der Waals surface area contributed by atoms with E-state index in [4.69, 9.17) is 4.74 Å². The number of fused-ring (bicyclic) bond motifs is 3. The lowest BCUT2D eigenvalue weighted by Gasteiger charge is -2.52. The quantitative estimate of drug-likeness (QED) is 0.464. The van der Waals surface area contributed by atoms with Crippen molar-refractivity contribution in [3.63, 3.8) is 0 Å². The summed E-state index contributed by atoms with van der Waals surface area (Å²) in [6, 6.07) is 26.5. The number of nitrogens with zero attached hydrogens (tertiary/aromatic N) is 2. The first-order chi connectivity index (χ1) is 16.1. The molecule has 0 radical (unpaired) electrons. The number of benzene rings is 3. The van der Waals surface area contributed by atoms with Crippen LogP contribution in [0.5, 0.6) is 0 Å². The van der Waals surface area contributed by atoms with Gasteiger partial charge in [0.25, 0.3) is 0 Å². The first-order valence-electron chi connectivity index (χ1n) is 11.8. The average Bonchev–Trinajstić information content (AvgIpc) is 2.85. The summed E-state index contributed by atoms with van der Waals surface area (Å²) < 4.78 is 20.6. The number of rotatable bonds is 6. The number of carbonyl (C=O) groups excluding carboxylic acids is 1. The average molecular weight is 525 g/mol. The van der Waals surface area contributed by atoms with Gasteiger partial charge in [-0.3, -0.25) is 4.90 Å². The van der Waals surface area contributed by atoms with Gasteiger partial charge in [0.05, 0.1) is 19.6 Å². The SMILES string of the molecule is O=C(O[C@H]1C[N+]2(Cc3ccccc3)CCC1CC2)N(Cc1ccc(F)cc1)c1ccccc1.[Br-]. The lowest BCUT2D eigenvalue weighted by Crippen LogP contribution is -3.00. The van der Waals surface area contributed by atoms with E-state index in [1.807, 2.05) is 30.3 Å². The van der Waals surface area contributed by atoms with Gasteiger partial charge in [-0.25, -0.2) is 9.18 Å². The zero-order chi connectivity index (χ0) is 22.7. The fourth-order valence-electron chi connectivity index (χ4n) is 5.38. The highest BCUT2D eigenvalue weighted by molar-refractivity contribution is 5.87. The van der Waals surface area contributed by atoms with Crippen molar-refractivity contribution in [3.05, 3.63) is 102 Å². The summed E-state index contributed by atoms with van der Waals surface area (Å²) in [4.78, 5) is 15.1. The van der Waals surface area contributed by atoms with Gasteiger partial charge in [0.1, 0.15) is 18.9 Å². The number of hydrogen-bond acceptors (Lipinski definition) is 2. The van der Waals surface area contributed by atoms with Crippen LogP contribution < -0.4 is 21.9 Å². The van der Waals surface area contributed by atoms with Crippen molar-refractivity contribution in [2.75, 3.05) is 24.5 Å². The van der Waals surface area contributed by atoms with E-state index in [1.54, 1.807) is 17.0 Å². The molecule has 3 heterocycles. The number of carbonyl (C=O) groups is 1. The fourth-order valence-corrected chi connectivity index (χ4v) is 5.38. The predicted octanol–water partition coefficient (Wildman–Crippen LogP) is 2.78. The van der Waals surface area contributed by atoms with E-state index in [2.05, 4.69) is 30.3 Å². The second kappa shape index (κ2) is 10.7. The van der Waals surface area contributed by atoms with Gasteiger partial charge in [0, 0.05) is 30.0 Å². The number of para-hydroxylation sites is 1. The molecule has 0 spiro atoms. The second-order valence-corrected chi connectivity index (χ2v) is 9.42. The molecule has 0 N–H and O–H groups in total. The van der Waals surface area contributed by atoms with E-state index >= 15 is 0 Å². The van der Waals surface area contributed by atoms with E-state index in [1.165, 1.54) is 17.7 Å². The van der Waals surface area contributed by atoms with Crippen LogP contribution in [0.1, 0.15) is 24.0 Å².